The van der Waals surface area contributed by atoms with Crippen molar-refractivity contribution in [2.75, 3.05) is 44.6 Å². The van der Waals surface area contributed by atoms with Crippen LogP contribution in [-0.2, 0) is 11.3 Å². The maximum absolute atomic E-state index is 12.0. The van der Waals surface area contributed by atoms with E-state index < -0.39 is 0 Å². The Labute approximate surface area is 163 Å². The number of carbonyl (C=O) groups is 1. The van der Waals surface area contributed by atoms with Gasteiger partial charge in [-0.15, -0.1) is 11.3 Å². The van der Waals surface area contributed by atoms with Gasteiger partial charge in [-0.2, -0.15) is 0 Å². The van der Waals surface area contributed by atoms with Crippen molar-refractivity contribution in [2.45, 2.75) is 53.1 Å². The van der Waals surface area contributed by atoms with Crippen LogP contribution in [0.1, 0.15) is 47.7 Å². The maximum Gasteiger partial charge on any atom is 0.225 e. The number of piperazine rings is 1. The van der Waals surface area contributed by atoms with Gasteiger partial charge in [0.15, 0.2) is 5.13 Å². The first-order chi connectivity index (χ1) is 12.6. The Morgan fingerprint density at radius 1 is 1.38 bits per heavy atom. The summed E-state index contributed by atoms with van der Waals surface area (Å²) in [6.45, 7) is 14.5. The van der Waals surface area contributed by atoms with Gasteiger partial charge in [0.2, 0.25) is 5.91 Å². The second-order valence-corrected chi connectivity index (χ2v) is 7.93. The highest BCUT2D eigenvalue weighted by Crippen LogP contribution is 2.18. The molecule has 2 fully saturated rings. The summed E-state index contributed by atoms with van der Waals surface area (Å²) in [5.41, 5.74) is 1.13. The lowest BCUT2D eigenvalue weighted by atomic mass is 10.1. The highest BCUT2D eigenvalue weighted by atomic mass is 32.1. The van der Waals surface area contributed by atoms with E-state index in [1.165, 1.54) is 12.8 Å². The Balaban J connectivity index is 0.00000118. The smallest absolute Gasteiger partial charge is 0.225 e. The molecule has 1 amide bonds. The zero-order chi connectivity index (χ0) is 18.9. The molecule has 2 aliphatic heterocycles. The highest BCUT2D eigenvalue weighted by Gasteiger charge is 2.23. The predicted octanol–water partition coefficient (Wildman–Crippen LogP) is 2.88. The molecule has 3 rings (SSSR count). The van der Waals surface area contributed by atoms with Gasteiger partial charge in [0, 0.05) is 58.0 Å². The largest absolute Gasteiger partial charge is 0.360 e. The standard InChI is InChI=1S/C17H29N5OS.C2H6.H2/c1-13(2)16(23)22-8-6-21(7-9-22)11-15-12-24-17(20-15)19-10-14-4-3-5-18-14;1-2;/h12-14,18H,3-11H2,1-2H3,(H,19,20);1-2H3;1H. The molecule has 6 nitrogen and oxygen atoms in total. The first-order valence-corrected chi connectivity index (χ1v) is 10.9. The molecule has 0 spiro atoms. The van der Waals surface area contributed by atoms with Crippen LogP contribution in [0, 0.1) is 5.92 Å². The molecule has 3 heterocycles. The summed E-state index contributed by atoms with van der Waals surface area (Å²) in [4.78, 5) is 21.1. The Hall–Kier alpha value is -1.18. The van der Waals surface area contributed by atoms with E-state index in [-0.39, 0.29) is 13.3 Å². The van der Waals surface area contributed by atoms with Crippen molar-refractivity contribution in [2.24, 2.45) is 5.92 Å². The van der Waals surface area contributed by atoms with Gasteiger partial charge < -0.3 is 15.5 Å². The van der Waals surface area contributed by atoms with E-state index >= 15 is 0 Å². The fraction of sp³-hybridized carbons (Fsp3) is 0.789. The minimum absolute atomic E-state index is 0. The van der Waals surface area contributed by atoms with Crippen LogP contribution in [0.4, 0.5) is 5.13 Å². The number of rotatable bonds is 6. The van der Waals surface area contributed by atoms with Gasteiger partial charge in [0.1, 0.15) is 0 Å². The Morgan fingerprint density at radius 3 is 2.73 bits per heavy atom. The summed E-state index contributed by atoms with van der Waals surface area (Å²) in [6, 6.07) is 0.587. The van der Waals surface area contributed by atoms with Crippen LogP contribution in [0.15, 0.2) is 5.38 Å². The lowest BCUT2D eigenvalue weighted by Crippen LogP contribution is -2.49. The number of thiazole rings is 1. The average Bonchev–Trinajstić information content (AvgIpc) is 3.33. The lowest BCUT2D eigenvalue weighted by molar-refractivity contribution is -0.136. The van der Waals surface area contributed by atoms with E-state index in [0.29, 0.717) is 6.04 Å². The van der Waals surface area contributed by atoms with Crippen molar-refractivity contribution in [1.82, 2.24) is 20.1 Å². The van der Waals surface area contributed by atoms with Crippen LogP contribution in [-0.4, -0.2) is 66.0 Å². The first-order valence-electron chi connectivity index (χ1n) is 10.0. The number of anilines is 1. The Bertz CT molecular complexity index is 540. The summed E-state index contributed by atoms with van der Waals surface area (Å²) >= 11 is 1.69. The molecule has 1 aromatic rings. The maximum atomic E-state index is 12.0. The molecule has 1 unspecified atom stereocenters. The third-order valence-corrected chi connectivity index (χ3v) is 5.63. The van der Waals surface area contributed by atoms with Crippen molar-refractivity contribution in [1.29, 1.82) is 0 Å². The van der Waals surface area contributed by atoms with E-state index in [2.05, 4.69) is 20.9 Å². The van der Waals surface area contributed by atoms with Crippen LogP contribution < -0.4 is 10.6 Å². The molecule has 7 heteroatoms. The van der Waals surface area contributed by atoms with E-state index in [1.54, 1.807) is 11.3 Å². The van der Waals surface area contributed by atoms with E-state index in [1.807, 2.05) is 32.6 Å². The van der Waals surface area contributed by atoms with Crippen LogP contribution >= 0.6 is 11.3 Å². The lowest BCUT2D eigenvalue weighted by Gasteiger charge is -2.35. The minimum atomic E-state index is 0. The number of aromatic nitrogens is 1. The minimum Gasteiger partial charge on any atom is -0.360 e. The second kappa shape index (κ2) is 10.8. The van der Waals surface area contributed by atoms with E-state index in [4.69, 9.17) is 4.98 Å². The number of carbonyl (C=O) groups excluding carboxylic acids is 1. The third kappa shape index (κ3) is 6.21. The van der Waals surface area contributed by atoms with Gasteiger partial charge in [-0.25, -0.2) is 4.98 Å². The van der Waals surface area contributed by atoms with Gasteiger partial charge in [-0.05, 0) is 19.4 Å². The average molecular weight is 384 g/mol. The summed E-state index contributed by atoms with van der Waals surface area (Å²) < 4.78 is 0. The van der Waals surface area contributed by atoms with Crippen molar-refractivity contribution >= 4 is 22.4 Å². The number of hydrogen-bond donors (Lipinski definition) is 2. The number of amides is 1. The van der Waals surface area contributed by atoms with Gasteiger partial charge in [0.25, 0.3) is 0 Å². The quantitative estimate of drug-likeness (QED) is 0.791. The summed E-state index contributed by atoms with van der Waals surface area (Å²) in [5.74, 6) is 0.369. The molecule has 0 saturated carbocycles. The van der Waals surface area contributed by atoms with Crippen LogP contribution in [0.25, 0.3) is 0 Å². The molecule has 2 aliphatic rings. The third-order valence-electron chi connectivity index (χ3n) is 4.78. The van der Waals surface area contributed by atoms with E-state index in [9.17, 15) is 4.79 Å². The molecule has 0 bridgehead atoms. The fourth-order valence-corrected chi connectivity index (χ4v) is 4.03. The topological polar surface area (TPSA) is 60.5 Å². The molecule has 1 atom stereocenters. The SMILES string of the molecule is CC.CC(C)C(=O)N1CCN(Cc2csc(NCC3CCCN3)n2)CC1.[HH]. The molecule has 1 aromatic heterocycles. The molecule has 150 valence electrons. The van der Waals surface area contributed by atoms with Crippen molar-refractivity contribution in [3.8, 4) is 0 Å². The predicted molar refractivity (Wildman–Crippen MR) is 112 cm³/mol. The van der Waals surface area contributed by atoms with Crippen LogP contribution in [0.3, 0.4) is 0 Å². The Morgan fingerprint density at radius 2 is 2.12 bits per heavy atom. The van der Waals surface area contributed by atoms with Gasteiger partial charge in [-0.3, -0.25) is 9.69 Å². The number of hydrogen-bond acceptors (Lipinski definition) is 6. The summed E-state index contributed by atoms with van der Waals surface area (Å²) in [5, 5.41) is 10.1. The second-order valence-electron chi connectivity index (χ2n) is 7.07. The summed E-state index contributed by atoms with van der Waals surface area (Å²) in [7, 11) is 0. The molecule has 2 saturated heterocycles. The molecule has 0 aromatic carbocycles. The molecular formula is C19H37N5OS. The zero-order valence-corrected chi connectivity index (χ0v) is 17.6. The molecule has 0 radical (unpaired) electrons. The molecule has 0 aliphatic carbocycles. The van der Waals surface area contributed by atoms with Crippen molar-refractivity contribution in [3.05, 3.63) is 11.1 Å². The monoisotopic (exact) mass is 383 g/mol. The normalized spacial score (nSPS) is 20.8. The highest BCUT2D eigenvalue weighted by molar-refractivity contribution is 7.13. The zero-order valence-electron chi connectivity index (χ0n) is 16.8. The number of nitrogens with zero attached hydrogens (tertiary/aromatic N) is 3. The van der Waals surface area contributed by atoms with Gasteiger partial charge in [0.05, 0.1) is 5.69 Å². The number of nitrogens with one attached hydrogen (secondary N) is 2. The molecular weight excluding hydrogens is 346 g/mol. The van der Waals surface area contributed by atoms with Gasteiger partial charge in [-0.1, -0.05) is 27.7 Å². The van der Waals surface area contributed by atoms with Crippen LogP contribution in [0.5, 0.6) is 0 Å². The van der Waals surface area contributed by atoms with Crippen molar-refractivity contribution in [3.63, 3.8) is 0 Å². The fourth-order valence-electron chi connectivity index (χ4n) is 3.32. The van der Waals surface area contributed by atoms with Crippen molar-refractivity contribution < 1.29 is 6.22 Å². The molecule has 2 N–H and O–H groups in total. The molecule has 26 heavy (non-hydrogen) atoms. The van der Waals surface area contributed by atoms with Crippen LogP contribution in [0.2, 0.25) is 0 Å². The first kappa shape index (κ1) is 21.1. The summed E-state index contributed by atoms with van der Waals surface area (Å²) in [6.07, 6.45) is 2.53. The Kier molecular flexibility index (Phi) is 8.81. The van der Waals surface area contributed by atoms with Gasteiger partial charge >= 0.3 is 0 Å². The van der Waals surface area contributed by atoms with E-state index in [0.717, 1.165) is 56.6 Å².